The van der Waals surface area contributed by atoms with Gasteiger partial charge in [-0.15, -0.1) is 0 Å². The maximum atomic E-state index is 11.1. The van der Waals surface area contributed by atoms with Crippen molar-refractivity contribution in [2.45, 2.75) is 9.79 Å². The van der Waals surface area contributed by atoms with Crippen molar-refractivity contribution in [1.29, 1.82) is 0 Å². The largest absolute Gasteiger partial charge is 1.00 e. The molecule has 0 unspecified atom stereocenters. The van der Waals surface area contributed by atoms with Crippen molar-refractivity contribution < 1.29 is 66.5 Å². The average Bonchev–Trinajstić information content (AvgIpc) is 2.24. The van der Waals surface area contributed by atoms with Gasteiger partial charge in [0.2, 0.25) is 0 Å². The van der Waals surface area contributed by atoms with E-state index in [1.54, 1.807) is 0 Å². The van der Waals surface area contributed by atoms with E-state index in [1.807, 2.05) is 0 Å². The molecule has 0 aliphatic heterocycles. The molecule has 0 fully saturated rings. The van der Waals surface area contributed by atoms with Gasteiger partial charge in [0.25, 0.3) is 20.2 Å². The molecule has 0 aliphatic rings. The van der Waals surface area contributed by atoms with E-state index in [1.165, 1.54) is 12.3 Å². The topological polar surface area (TPSA) is 122 Å². The number of benzene rings is 1. The number of aromatic nitrogens is 1. The van der Waals surface area contributed by atoms with Gasteiger partial charge in [-0.2, -0.15) is 16.8 Å². The molecular formula is C9H9Li2NO6S2. The molecule has 2 aromatic rings. The van der Waals surface area contributed by atoms with Gasteiger partial charge in [0.1, 0.15) is 9.79 Å². The van der Waals surface area contributed by atoms with Crippen molar-refractivity contribution in [3.8, 4) is 0 Å². The zero-order chi connectivity index (χ0) is 13.6. The normalized spacial score (nSPS) is 11.5. The zero-order valence-electron chi connectivity index (χ0n) is 12.7. The second-order valence-electron chi connectivity index (χ2n) is 3.43. The second kappa shape index (κ2) is 6.61. The molecule has 2 rings (SSSR count). The SMILES string of the molecule is O=S(=O)(O)c1ccc(S(=O)(=O)O)c2cnccc12.[H-].[H-].[Li+].[Li+]. The number of nitrogens with zero attached hydrogens (tertiary/aromatic N) is 1. The van der Waals surface area contributed by atoms with E-state index in [0.717, 1.165) is 18.3 Å². The zero-order valence-corrected chi connectivity index (χ0v) is 12.3. The van der Waals surface area contributed by atoms with E-state index < -0.39 is 30.0 Å². The Balaban J connectivity index is -0.000000902. The van der Waals surface area contributed by atoms with Crippen molar-refractivity contribution in [2.24, 2.45) is 0 Å². The Kier molecular flexibility index (Phi) is 6.49. The molecule has 2 N–H and O–H groups in total. The third-order valence-electron chi connectivity index (χ3n) is 2.29. The van der Waals surface area contributed by atoms with E-state index in [-0.39, 0.29) is 51.3 Å². The minimum atomic E-state index is -4.51. The Hall–Kier alpha value is -0.355. The van der Waals surface area contributed by atoms with Crippen molar-refractivity contribution in [1.82, 2.24) is 4.98 Å². The van der Waals surface area contributed by atoms with Crippen LogP contribution >= 0.6 is 0 Å². The van der Waals surface area contributed by atoms with Gasteiger partial charge in [0.05, 0.1) is 0 Å². The van der Waals surface area contributed by atoms with Crippen LogP contribution in [0.2, 0.25) is 0 Å². The van der Waals surface area contributed by atoms with Gasteiger partial charge < -0.3 is 2.85 Å². The molecule has 1 heterocycles. The predicted octanol–water partition coefficient (Wildman–Crippen LogP) is -5.04. The predicted molar refractivity (Wildman–Crippen MR) is 63.6 cm³/mol. The fourth-order valence-electron chi connectivity index (χ4n) is 1.59. The molecule has 11 heteroatoms. The molecule has 1 aromatic carbocycles. The number of fused-ring (bicyclic) bond motifs is 1. The third-order valence-corrected chi connectivity index (χ3v) is 4.12. The van der Waals surface area contributed by atoms with Gasteiger partial charge in [0.15, 0.2) is 0 Å². The van der Waals surface area contributed by atoms with Gasteiger partial charge in [-0.05, 0) is 18.2 Å². The Morgan fingerprint density at radius 3 is 1.75 bits per heavy atom. The summed E-state index contributed by atoms with van der Waals surface area (Å²) in [6.07, 6.45) is 2.33. The number of rotatable bonds is 2. The van der Waals surface area contributed by atoms with E-state index in [9.17, 15) is 16.8 Å². The molecule has 1 aromatic heterocycles. The van der Waals surface area contributed by atoms with Gasteiger partial charge >= 0.3 is 37.7 Å². The summed E-state index contributed by atoms with van der Waals surface area (Å²) in [5, 5.41) is -0.127. The Bertz CT molecular complexity index is 774. The van der Waals surface area contributed by atoms with Crippen molar-refractivity contribution in [2.75, 3.05) is 0 Å². The molecule has 0 saturated carbocycles. The van der Waals surface area contributed by atoms with Gasteiger partial charge in [-0.1, -0.05) is 0 Å². The molecule has 0 bridgehead atoms. The van der Waals surface area contributed by atoms with Crippen molar-refractivity contribution >= 4 is 31.0 Å². The fraction of sp³-hybridized carbons (Fsp3) is 0. The van der Waals surface area contributed by atoms with E-state index >= 15 is 0 Å². The first-order chi connectivity index (χ1) is 8.21. The van der Waals surface area contributed by atoms with Crippen molar-refractivity contribution in [3.63, 3.8) is 0 Å². The van der Waals surface area contributed by atoms with Crippen molar-refractivity contribution in [3.05, 3.63) is 30.6 Å². The molecule has 7 nitrogen and oxygen atoms in total. The molecule has 20 heavy (non-hydrogen) atoms. The van der Waals surface area contributed by atoms with E-state index in [4.69, 9.17) is 9.11 Å². The monoisotopic (exact) mass is 305 g/mol. The molecule has 0 saturated heterocycles. The van der Waals surface area contributed by atoms with E-state index in [0.29, 0.717) is 0 Å². The van der Waals surface area contributed by atoms with Crippen LogP contribution in [0.25, 0.3) is 10.8 Å². The summed E-state index contributed by atoms with van der Waals surface area (Å²) < 4.78 is 62.5. The summed E-state index contributed by atoms with van der Waals surface area (Å²) >= 11 is 0. The third kappa shape index (κ3) is 3.85. The smallest absolute Gasteiger partial charge is 1.00 e. The van der Waals surface area contributed by atoms with Crippen LogP contribution in [-0.2, 0) is 20.2 Å². The minimum Gasteiger partial charge on any atom is -1.00 e. The summed E-state index contributed by atoms with van der Waals surface area (Å²) in [4.78, 5) is 2.73. The van der Waals surface area contributed by atoms with Crippen LogP contribution in [0.3, 0.4) is 0 Å². The second-order valence-corrected chi connectivity index (χ2v) is 6.21. The number of hydrogen-bond acceptors (Lipinski definition) is 5. The number of pyridine rings is 1. The summed E-state index contributed by atoms with van der Waals surface area (Å²) in [5.74, 6) is 0. The first-order valence-corrected chi connectivity index (χ1v) is 7.41. The van der Waals surface area contributed by atoms with E-state index in [2.05, 4.69) is 4.98 Å². The molecule has 0 spiro atoms. The molecule has 0 amide bonds. The van der Waals surface area contributed by atoms with Crippen LogP contribution < -0.4 is 37.7 Å². The Morgan fingerprint density at radius 2 is 1.30 bits per heavy atom. The maximum absolute atomic E-state index is 11.1. The molecule has 100 valence electrons. The molecular weight excluding hydrogens is 296 g/mol. The maximum Gasteiger partial charge on any atom is 1.00 e. The van der Waals surface area contributed by atoms with Crippen LogP contribution in [0.15, 0.2) is 40.4 Å². The van der Waals surface area contributed by atoms with Crippen LogP contribution in [0.1, 0.15) is 2.85 Å². The average molecular weight is 305 g/mol. The first-order valence-electron chi connectivity index (χ1n) is 4.53. The van der Waals surface area contributed by atoms with Crippen LogP contribution in [0.5, 0.6) is 0 Å². The van der Waals surface area contributed by atoms with Crippen LogP contribution in [0, 0.1) is 0 Å². The molecule has 0 radical (unpaired) electrons. The molecule has 0 atom stereocenters. The Morgan fingerprint density at radius 1 is 0.850 bits per heavy atom. The summed E-state index contributed by atoms with van der Waals surface area (Å²) in [6.45, 7) is 0. The summed E-state index contributed by atoms with van der Waals surface area (Å²) in [6, 6.07) is 3.02. The quantitative estimate of drug-likeness (QED) is 0.421. The summed E-state index contributed by atoms with van der Waals surface area (Å²) in [7, 11) is -9.00. The van der Waals surface area contributed by atoms with Crippen LogP contribution in [-0.4, -0.2) is 30.9 Å². The van der Waals surface area contributed by atoms with Gasteiger partial charge in [-0.3, -0.25) is 14.1 Å². The Labute approximate surface area is 142 Å². The molecule has 0 aliphatic carbocycles. The van der Waals surface area contributed by atoms with Gasteiger partial charge in [-0.25, -0.2) is 0 Å². The van der Waals surface area contributed by atoms with Crippen LogP contribution in [0.4, 0.5) is 0 Å². The van der Waals surface area contributed by atoms with Gasteiger partial charge in [0, 0.05) is 23.2 Å². The first kappa shape index (κ1) is 19.6. The minimum absolute atomic E-state index is 0. The number of hydrogen-bond donors (Lipinski definition) is 2. The summed E-state index contributed by atoms with van der Waals surface area (Å²) in [5.41, 5.74) is 0. The fourth-order valence-corrected chi connectivity index (χ4v) is 2.96. The standard InChI is InChI=1S/C9H7NO6S2.2Li.2H/c11-17(12,13)8-1-2-9(18(14,15)16)7-5-10-4-3-6(7)8;;;;/h1-5H,(H,11,12,13)(H,14,15,16);;;;/q;2*+1;2*-1.